The zero-order chi connectivity index (χ0) is 18.5. The molecule has 8 heteroatoms. The van der Waals surface area contributed by atoms with Gasteiger partial charge in [-0.1, -0.05) is 18.2 Å². The highest BCUT2D eigenvalue weighted by atomic mass is 16.5. The molecular formula is C19H22N6O2. The summed E-state index contributed by atoms with van der Waals surface area (Å²) in [4.78, 5) is 20.6. The lowest BCUT2D eigenvalue weighted by molar-refractivity contribution is -0.122. The predicted octanol–water partition coefficient (Wildman–Crippen LogP) is 1.02. The average Bonchev–Trinajstić information content (AvgIpc) is 3.12. The molecule has 3 aromatic rings. The normalized spacial score (nSPS) is 16.3. The molecule has 0 aliphatic carbocycles. The molecule has 0 radical (unpaired) electrons. The van der Waals surface area contributed by atoms with Crippen molar-refractivity contribution in [3.8, 4) is 0 Å². The first-order chi connectivity index (χ1) is 13.3. The van der Waals surface area contributed by atoms with Gasteiger partial charge in [-0.05, 0) is 24.3 Å². The Kier molecular flexibility index (Phi) is 5.36. The Hall–Kier alpha value is -2.84. The predicted molar refractivity (Wildman–Crippen MR) is 99.9 cm³/mol. The minimum Gasteiger partial charge on any atom is -0.379 e. The van der Waals surface area contributed by atoms with Crippen molar-refractivity contribution in [2.75, 3.05) is 32.8 Å². The second kappa shape index (κ2) is 8.24. The standard InChI is InChI=1S/C19H22N6O2/c26-19(14-25-22-15-5-1-2-6-16(15)23-25)21-13-18(17-7-3-4-8-20-17)24-9-11-27-12-10-24/h1-8,18H,9-14H2,(H,21,26). The molecule has 1 fully saturated rings. The molecule has 1 aliphatic heterocycles. The lowest BCUT2D eigenvalue weighted by Crippen LogP contribution is -2.44. The van der Waals surface area contributed by atoms with E-state index in [9.17, 15) is 4.79 Å². The number of hydrogen-bond donors (Lipinski definition) is 1. The quantitative estimate of drug-likeness (QED) is 0.701. The minimum atomic E-state index is -0.121. The first kappa shape index (κ1) is 17.6. The third-order valence-corrected chi connectivity index (χ3v) is 4.62. The summed E-state index contributed by atoms with van der Waals surface area (Å²) >= 11 is 0. The number of rotatable bonds is 6. The highest BCUT2D eigenvalue weighted by molar-refractivity contribution is 5.77. The zero-order valence-corrected chi connectivity index (χ0v) is 15.0. The number of nitrogens with zero attached hydrogens (tertiary/aromatic N) is 5. The van der Waals surface area contributed by atoms with Crippen molar-refractivity contribution in [2.24, 2.45) is 0 Å². The smallest absolute Gasteiger partial charge is 0.243 e. The van der Waals surface area contributed by atoms with Crippen molar-refractivity contribution in [3.63, 3.8) is 0 Å². The van der Waals surface area contributed by atoms with Crippen LogP contribution in [0, 0.1) is 0 Å². The number of pyridine rings is 1. The molecular weight excluding hydrogens is 344 g/mol. The Balaban J connectivity index is 1.41. The van der Waals surface area contributed by atoms with Gasteiger partial charge in [0.2, 0.25) is 5.91 Å². The number of nitrogens with one attached hydrogen (secondary N) is 1. The van der Waals surface area contributed by atoms with Gasteiger partial charge >= 0.3 is 0 Å². The highest BCUT2D eigenvalue weighted by Crippen LogP contribution is 2.19. The van der Waals surface area contributed by atoms with E-state index in [0.717, 1.165) is 29.8 Å². The van der Waals surface area contributed by atoms with E-state index in [-0.39, 0.29) is 18.5 Å². The third-order valence-electron chi connectivity index (χ3n) is 4.62. The van der Waals surface area contributed by atoms with Crippen LogP contribution in [0.25, 0.3) is 11.0 Å². The van der Waals surface area contributed by atoms with Gasteiger partial charge in [-0.2, -0.15) is 15.0 Å². The topological polar surface area (TPSA) is 85.2 Å². The lowest BCUT2D eigenvalue weighted by Gasteiger charge is -2.34. The Morgan fingerprint density at radius 2 is 1.78 bits per heavy atom. The zero-order valence-electron chi connectivity index (χ0n) is 15.0. The Bertz CT molecular complexity index is 858. The monoisotopic (exact) mass is 366 g/mol. The van der Waals surface area contributed by atoms with E-state index < -0.39 is 0 Å². The number of amides is 1. The summed E-state index contributed by atoms with van der Waals surface area (Å²) in [5.74, 6) is -0.121. The van der Waals surface area contributed by atoms with E-state index in [2.05, 4.69) is 25.4 Å². The second-order valence-electron chi connectivity index (χ2n) is 6.44. The van der Waals surface area contributed by atoms with Crippen molar-refractivity contribution < 1.29 is 9.53 Å². The van der Waals surface area contributed by atoms with Crippen LogP contribution in [0.1, 0.15) is 11.7 Å². The Morgan fingerprint density at radius 1 is 1.07 bits per heavy atom. The van der Waals surface area contributed by atoms with Crippen LogP contribution in [0.3, 0.4) is 0 Å². The van der Waals surface area contributed by atoms with E-state index in [1.165, 1.54) is 4.80 Å². The van der Waals surface area contributed by atoms with Crippen molar-refractivity contribution >= 4 is 16.9 Å². The summed E-state index contributed by atoms with van der Waals surface area (Å²) in [5.41, 5.74) is 2.51. The number of aromatic nitrogens is 4. The van der Waals surface area contributed by atoms with Crippen LogP contribution in [0.15, 0.2) is 48.7 Å². The average molecular weight is 366 g/mol. The van der Waals surface area contributed by atoms with Crippen molar-refractivity contribution in [3.05, 3.63) is 54.4 Å². The van der Waals surface area contributed by atoms with E-state index >= 15 is 0 Å². The number of ether oxygens (including phenoxy) is 1. The molecule has 1 saturated heterocycles. The molecule has 27 heavy (non-hydrogen) atoms. The first-order valence-corrected chi connectivity index (χ1v) is 9.09. The van der Waals surface area contributed by atoms with Gasteiger partial charge in [0, 0.05) is 25.8 Å². The van der Waals surface area contributed by atoms with Crippen molar-refractivity contribution in [1.82, 2.24) is 30.2 Å². The number of hydrogen-bond acceptors (Lipinski definition) is 6. The summed E-state index contributed by atoms with van der Waals surface area (Å²) < 4.78 is 5.45. The summed E-state index contributed by atoms with van der Waals surface area (Å²) in [7, 11) is 0. The molecule has 3 heterocycles. The van der Waals surface area contributed by atoms with Gasteiger partial charge in [0.05, 0.1) is 24.9 Å². The molecule has 1 amide bonds. The number of carbonyl (C=O) groups is 1. The van der Waals surface area contributed by atoms with Gasteiger partial charge in [-0.3, -0.25) is 14.7 Å². The van der Waals surface area contributed by atoms with Gasteiger partial charge in [0.25, 0.3) is 0 Å². The number of morpholine rings is 1. The summed E-state index contributed by atoms with van der Waals surface area (Å²) in [6.45, 7) is 3.61. The van der Waals surface area contributed by atoms with Gasteiger partial charge < -0.3 is 10.1 Å². The largest absolute Gasteiger partial charge is 0.379 e. The maximum atomic E-state index is 12.4. The fraction of sp³-hybridized carbons (Fsp3) is 0.368. The molecule has 8 nitrogen and oxygen atoms in total. The molecule has 1 unspecified atom stereocenters. The second-order valence-corrected chi connectivity index (χ2v) is 6.44. The molecule has 0 spiro atoms. The lowest BCUT2D eigenvalue weighted by atomic mass is 10.1. The summed E-state index contributed by atoms with van der Waals surface area (Å²) in [5, 5.41) is 11.7. The van der Waals surface area contributed by atoms with Crippen molar-refractivity contribution in [1.29, 1.82) is 0 Å². The van der Waals surface area contributed by atoms with Crippen LogP contribution in [0.2, 0.25) is 0 Å². The molecule has 2 aromatic heterocycles. The minimum absolute atomic E-state index is 0.0173. The highest BCUT2D eigenvalue weighted by Gasteiger charge is 2.24. The SMILES string of the molecule is O=C(Cn1nc2ccccc2n1)NCC(c1ccccn1)N1CCOCC1. The maximum absolute atomic E-state index is 12.4. The van der Waals surface area contributed by atoms with Gasteiger partial charge in [-0.15, -0.1) is 0 Å². The number of benzene rings is 1. The van der Waals surface area contributed by atoms with Crippen LogP contribution in [-0.4, -0.2) is 63.6 Å². The third kappa shape index (κ3) is 4.29. The molecule has 1 aromatic carbocycles. The van der Waals surface area contributed by atoms with E-state index in [1.54, 1.807) is 6.20 Å². The fourth-order valence-electron chi connectivity index (χ4n) is 3.25. The van der Waals surface area contributed by atoms with Gasteiger partial charge in [-0.25, -0.2) is 0 Å². The first-order valence-electron chi connectivity index (χ1n) is 9.09. The van der Waals surface area contributed by atoms with Crippen molar-refractivity contribution in [2.45, 2.75) is 12.6 Å². The number of carbonyl (C=O) groups excluding carboxylic acids is 1. The fourth-order valence-corrected chi connectivity index (χ4v) is 3.25. The summed E-state index contributed by atoms with van der Waals surface area (Å²) in [6.07, 6.45) is 1.78. The number of fused-ring (bicyclic) bond motifs is 1. The summed E-state index contributed by atoms with van der Waals surface area (Å²) in [6, 6.07) is 13.4. The van der Waals surface area contributed by atoms with Crippen LogP contribution in [0.5, 0.6) is 0 Å². The Labute approximate surface area is 157 Å². The van der Waals surface area contributed by atoms with Crippen LogP contribution >= 0.6 is 0 Å². The molecule has 4 rings (SSSR count). The van der Waals surface area contributed by atoms with Gasteiger partial charge in [0.1, 0.15) is 17.6 Å². The van der Waals surface area contributed by atoms with Crippen LogP contribution < -0.4 is 5.32 Å². The molecule has 0 saturated carbocycles. The molecule has 0 bridgehead atoms. The molecule has 1 aliphatic rings. The van der Waals surface area contributed by atoms with Crippen LogP contribution in [0.4, 0.5) is 0 Å². The molecule has 1 atom stereocenters. The van der Waals surface area contributed by atoms with E-state index in [1.807, 2.05) is 42.5 Å². The van der Waals surface area contributed by atoms with Crippen LogP contribution in [-0.2, 0) is 16.1 Å². The maximum Gasteiger partial charge on any atom is 0.243 e. The van der Waals surface area contributed by atoms with E-state index in [4.69, 9.17) is 4.74 Å². The molecule has 140 valence electrons. The van der Waals surface area contributed by atoms with E-state index in [0.29, 0.717) is 19.8 Å². The van der Waals surface area contributed by atoms with Gasteiger partial charge in [0.15, 0.2) is 0 Å². The Morgan fingerprint density at radius 3 is 2.44 bits per heavy atom. The molecule has 1 N–H and O–H groups in total.